The molecule has 1 aliphatic carbocycles. The zero-order chi connectivity index (χ0) is 14.2. The lowest BCUT2D eigenvalue weighted by atomic mass is 9.87. The average molecular weight is 279 g/mol. The van der Waals surface area contributed by atoms with Crippen molar-refractivity contribution in [3.05, 3.63) is 0 Å². The Morgan fingerprint density at radius 3 is 2.65 bits per heavy atom. The van der Waals surface area contributed by atoms with E-state index >= 15 is 0 Å². The lowest BCUT2D eigenvalue weighted by molar-refractivity contribution is 0.00526. The van der Waals surface area contributed by atoms with Gasteiger partial charge in [0.1, 0.15) is 0 Å². The Labute approximate surface area is 125 Å². The van der Waals surface area contributed by atoms with Crippen molar-refractivity contribution < 1.29 is 0 Å². The fourth-order valence-corrected chi connectivity index (χ4v) is 4.74. The summed E-state index contributed by atoms with van der Waals surface area (Å²) in [4.78, 5) is 5.44. The van der Waals surface area contributed by atoms with Gasteiger partial charge in [-0.1, -0.05) is 19.8 Å². The second kappa shape index (κ2) is 5.94. The van der Waals surface area contributed by atoms with Gasteiger partial charge in [0.2, 0.25) is 0 Å². The molecule has 3 rings (SSSR count). The molecule has 116 valence electrons. The van der Waals surface area contributed by atoms with Gasteiger partial charge in [0.15, 0.2) is 0 Å². The number of piperidine rings is 1. The van der Waals surface area contributed by atoms with Gasteiger partial charge in [-0.15, -0.1) is 0 Å². The smallest absolute Gasteiger partial charge is 0.0309 e. The van der Waals surface area contributed by atoms with Crippen LogP contribution >= 0.6 is 0 Å². The molecule has 1 N–H and O–H groups in total. The zero-order valence-corrected chi connectivity index (χ0v) is 13.7. The zero-order valence-electron chi connectivity index (χ0n) is 13.7. The molecule has 20 heavy (non-hydrogen) atoms. The van der Waals surface area contributed by atoms with E-state index in [0.29, 0.717) is 5.54 Å². The molecule has 0 bridgehead atoms. The third-order valence-corrected chi connectivity index (χ3v) is 6.35. The molecular weight excluding hydrogens is 246 g/mol. The number of likely N-dealkylation sites (tertiary alicyclic amines) is 1. The number of hydrogen-bond acceptors (Lipinski definition) is 3. The van der Waals surface area contributed by atoms with Gasteiger partial charge in [-0.25, -0.2) is 0 Å². The van der Waals surface area contributed by atoms with E-state index in [1.807, 2.05) is 0 Å². The quantitative estimate of drug-likeness (QED) is 0.838. The van der Waals surface area contributed by atoms with Crippen molar-refractivity contribution in [1.29, 1.82) is 0 Å². The maximum absolute atomic E-state index is 3.93. The third kappa shape index (κ3) is 2.77. The van der Waals surface area contributed by atoms with Crippen LogP contribution in [0.25, 0.3) is 0 Å². The summed E-state index contributed by atoms with van der Waals surface area (Å²) in [6.07, 6.45) is 9.70. The molecule has 3 nitrogen and oxygen atoms in total. The molecule has 3 aliphatic rings. The van der Waals surface area contributed by atoms with Gasteiger partial charge in [-0.2, -0.15) is 0 Å². The first-order chi connectivity index (χ1) is 9.63. The number of rotatable bonds is 2. The Morgan fingerprint density at radius 1 is 1.25 bits per heavy atom. The van der Waals surface area contributed by atoms with Crippen molar-refractivity contribution in [3.63, 3.8) is 0 Å². The van der Waals surface area contributed by atoms with E-state index in [-0.39, 0.29) is 0 Å². The van der Waals surface area contributed by atoms with E-state index in [0.717, 1.165) is 18.1 Å². The molecule has 0 aromatic rings. The Morgan fingerprint density at radius 2 is 2.00 bits per heavy atom. The lowest BCUT2D eigenvalue weighted by Crippen LogP contribution is -2.66. The SMILES string of the molecule is CCC1CNC2(CCCC2)CN1C1CCN(C)C(C)C1. The molecule has 3 atom stereocenters. The first kappa shape index (κ1) is 14.8. The number of hydrogen-bond donors (Lipinski definition) is 1. The van der Waals surface area contributed by atoms with E-state index in [4.69, 9.17) is 0 Å². The van der Waals surface area contributed by atoms with E-state index in [9.17, 15) is 0 Å². The highest BCUT2D eigenvalue weighted by Gasteiger charge is 2.43. The predicted molar refractivity (Wildman–Crippen MR) is 85.1 cm³/mol. The average Bonchev–Trinajstić information content (AvgIpc) is 2.90. The van der Waals surface area contributed by atoms with Crippen LogP contribution in [0.15, 0.2) is 0 Å². The van der Waals surface area contributed by atoms with Gasteiger partial charge in [-0.05, 0) is 52.6 Å². The first-order valence-corrected chi connectivity index (χ1v) is 8.84. The largest absolute Gasteiger partial charge is 0.308 e. The van der Waals surface area contributed by atoms with Crippen molar-refractivity contribution in [2.45, 2.75) is 82.5 Å². The van der Waals surface area contributed by atoms with Crippen LogP contribution in [0.5, 0.6) is 0 Å². The lowest BCUT2D eigenvalue weighted by Gasteiger charge is -2.51. The maximum Gasteiger partial charge on any atom is 0.0309 e. The summed E-state index contributed by atoms with van der Waals surface area (Å²) in [5.74, 6) is 0. The summed E-state index contributed by atoms with van der Waals surface area (Å²) < 4.78 is 0. The Kier molecular flexibility index (Phi) is 4.40. The highest BCUT2D eigenvalue weighted by atomic mass is 15.3. The summed E-state index contributed by atoms with van der Waals surface area (Å²) >= 11 is 0. The van der Waals surface area contributed by atoms with Crippen LogP contribution in [-0.4, -0.2) is 60.1 Å². The fraction of sp³-hybridized carbons (Fsp3) is 1.00. The molecule has 0 aromatic heterocycles. The van der Waals surface area contributed by atoms with E-state index in [1.165, 1.54) is 64.6 Å². The van der Waals surface area contributed by atoms with E-state index in [2.05, 4.69) is 36.0 Å². The van der Waals surface area contributed by atoms with Crippen molar-refractivity contribution in [3.8, 4) is 0 Å². The fourth-order valence-electron chi connectivity index (χ4n) is 4.74. The summed E-state index contributed by atoms with van der Waals surface area (Å²) in [5, 5.41) is 3.93. The normalized spacial score (nSPS) is 39.5. The second-order valence-electron chi connectivity index (χ2n) is 7.61. The number of piperazine rings is 1. The van der Waals surface area contributed by atoms with Crippen LogP contribution in [0.4, 0.5) is 0 Å². The van der Waals surface area contributed by atoms with E-state index < -0.39 is 0 Å². The molecule has 2 aliphatic heterocycles. The van der Waals surface area contributed by atoms with Gasteiger partial charge in [0.25, 0.3) is 0 Å². The molecule has 3 unspecified atom stereocenters. The van der Waals surface area contributed by atoms with Crippen molar-refractivity contribution in [1.82, 2.24) is 15.1 Å². The van der Waals surface area contributed by atoms with Crippen LogP contribution < -0.4 is 5.32 Å². The Bertz CT molecular complexity index is 324. The predicted octanol–water partition coefficient (Wildman–Crippen LogP) is 2.47. The number of nitrogens with one attached hydrogen (secondary N) is 1. The molecule has 2 saturated heterocycles. The summed E-state index contributed by atoms with van der Waals surface area (Å²) in [6, 6.07) is 2.34. The highest BCUT2D eigenvalue weighted by Crippen LogP contribution is 2.36. The van der Waals surface area contributed by atoms with Crippen molar-refractivity contribution in [2.24, 2.45) is 0 Å². The minimum atomic E-state index is 0.470. The third-order valence-electron chi connectivity index (χ3n) is 6.35. The van der Waals surface area contributed by atoms with Crippen LogP contribution in [0.1, 0.15) is 58.8 Å². The first-order valence-electron chi connectivity index (χ1n) is 8.84. The molecule has 3 fully saturated rings. The van der Waals surface area contributed by atoms with Gasteiger partial charge in [0.05, 0.1) is 0 Å². The Hall–Kier alpha value is -0.120. The summed E-state index contributed by atoms with van der Waals surface area (Å²) in [6.45, 7) is 8.58. The highest BCUT2D eigenvalue weighted by molar-refractivity contribution is 5.03. The molecule has 0 amide bonds. The van der Waals surface area contributed by atoms with Crippen LogP contribution in [-0.2, 0) is 0 Å². The molecule has 1 saturated carbocycles. The van der Waals surface area contributed by atoms with Crippen LogP contribution in [0.3, 0.4) is 0 Å². The van der Waals surface area contributed by atoms with E-state index in [1.54, 1.807) is 0 Å². The minimum absolute atomic E-state index is 0.470. The molecular formula is C17H33N3. The van der Waals surface area contributed by atoms with Crippen molar-refractivity contribution in [2.75, 3.05) is 26.7 Å². The minimum Gasteiger partial charge on any atom is -0.308 e. The van der Waals surface area contributed by atoms with Gasteiger partial charge in [-0.3, -0.25) is 4.90 Å². The maximum atomic E-state index is 3.93. The molecule has 2 heterocycles. The molecule has 0 aromatic carbocycles. The van der Waals surface area contributed by atoms with Crippen molar-refractivity contribution >= 4 is 0 Å². The number of nitrogens with zero attached hydrogens (tertiary/aromatic N) is 2. The second-order valence-corrected chi connectivity index (χ2v) is 7.61. The molecule has 1 spiro atoms. The summed E-state index contributed by atoms with van der Waals surface area (Å²) in [7, 11) is 2.29. The standard InChI is InChI=1S/C17H33N3/c1-4-15-12-18-17(8-5-6-9-17)13-20(15)16-7-10-19(3)14(2)11-16/h14-16,18H,4-13H2,1-3H3. The molecule has 3 heteroatoms. The Balaban J connectivity index is 1.70. The monoisotopic (exact) mass is 279 g/mol. The summed E-state index contributed by atoms with van der Waals surface area (Å²) in [5.41, 5.74) is 0.470. The molecule has 0 radical (unpaired) electrons. The van der Waals surface area contributed by atoms with Crippen LogP contribution in [0.2, 0.25) is 0 Å². The van der Waals surface area contributed by atoms with Crippen LogP contribution in [0, 0.1) is 0 Å². The van der Waals surface area contributed by atoms with Gasteiger partial charge >= 0.3 is 0 Å². The van der Waals surface area contributed by atoms with Gasteiger partial charge in [0, 0.05) is 36.8 Å². The van der Waals surface area contributed by atoms with Gasteiger partial charge < -0.3 is 10.2 Å². The topological polar surface area (TPSA) is 18.5 Å².